The van der Waals surface area contributed by atoms with Gasteiger partial charge in [0.05, 0.1) is 12.3 Å². The van der Waals surface area contributed by atoms with E-state index in [-0.39, 0.29) is 109 Å². The minimum absolute atomic E-state index is 0. The summed E-state index contributed by atoms with van der Waals surface area (Å²) in [6.07, 6.45) is 22.1. The van der Waals surface area contributed by atoms with Crippen LogP contribution in [-0.4, -0.2) is 125 Å². The van der Waals surface area contributed by atoms with Crippen LogP contribution in [0.2, 0.25) is 0 Å². The average molecular weight is 447 g/mol. The second-order valence-corrected chi connectivity index (χ2v) is 7.37. The average Bonchev–Trinajstić information content (AvgIpc) is 2.59. The minimum atomic E-state index is -1.05. The van der Waals surface area contributed by atoms with Crippen LogP contribution in [0.3, 0.4) is 0 Å². The standard InChI is InChI=1S/C22H40O4.2K/c1-2-3-4-5-6-7-8-9-10-11-12-13-14-15-16-17-18-20(22(25)26)19-21(23)24;;/h16-17,20H,2-15,18-19H2,1H3,(H,23,24)(H,25,26);;. The van der Waals surface area contributed by atoms with Crippen LogP contribution >= 0.6 is 0 Å². The predicted molar refractivity (Wildman–Crippen MR) is 119 cm³/mol. The van der Waals surface area contributed by atoms with Crippen LogP contribution in [0.1, 0.15) is 110 Å². The molecule has 4 nitrogen and oxygen atoms in total. The first-order valence-corrected chi connectivity index (χ1v) is 10.7. The number of carbonyl (C=O) groups is 2. The van der Waals surface area contributed by atoms with Gasteiger partial charge in [0, 0.05) is 103 Å². The summed E-state index contributed by atoms with van der Waals surface area (Å²) in [5.74, 6) is -2.89. The van der Waals surface area contributed by atoms with Crippen molar-refractivity contribution >= 4 is 115 Å². The van der Waals surface area contributed by atoms with Gasteiger partial charge >= 0.3 is 11.9 Å². The van der Waals surface area contributed by atoms with E-state index in [0.717, 1.165) is 12.8 Å². The molecule has 0 aliphatic heterocycles. The third kappa shape index (κ3) is 26.0. The first-order chi connectivity index (χ1) is 12.6. The van der Waals surface area contributed by atoms with Crippen molar-refractivity contribution in [1.29, 1.82) is 0 Å². The Morgan fingerprint density at radius 2 is 1.14 bits per heavy atom. The smallest absolute Gasteiger partial charge is 0.307 e. The molecule has 0 aliphatic rings. The fourth-order valence-electron chi connectivity index (χ4n) is 3.14. The Kier molecular flexibility index (Phi) is 33.3. The molecule has 0 aliphatic carbocycles. The van der Waals surface area contributed by atoms with E-state index in [0.29, 0.717) is 6.42 Å². The maximum atomic E-state index is 10.9. The maximum Gasteiger partial charge on any atom is 0.307 e. The van der Waals surface area contributed by atoms with Gasteiger partial charge in [-0.15, -0.1) is 0 Å². The first-order valence-electron chi connectivity index (χ1n) is 10.7. The van der Waals surface area contributed by atoms with Crippen LogP contribution in [0.25, 0.3) is 0 Å². The SMILES string of the molecule is CCCCCCCCCCCCCCCC=CCC(CC(=O)O)C(=O)O.[K].[K]. The van der Waals surface area contributed by atoms with Crippen molar-refractivity contribution in [3.8, 4) is 0 Å². The van der Waals surface area contributed by atoms with E-state index in [9.17, 15) is 9.59 Å². The van der Waals surface area contributed by atoms with Crippen molar-refractivity contribution in [3.63, 3.8) is 0 Å². The van der Waals surface area contributed by atoms with Crippen molar-refractivity contribution < 1.29 is 19.8 Å². The molecule has 1 atom stereocenters. The summed E-state index contributed by atoms with van der Waals surface area (Å²) in [5.41, 5.74) is 0. The van der Waals surface area contributed by atoms with E-state index in [4.69, 9.17) is 10.2 Å². The number of allylic oxidation sites excluding steroid dienone is 2. The Bertz CT molecular complexity index is 387. The molecule has 0 aromatic carbocycles. The van der Waals surface area contributed by atoms with Crippen LogP contribution < -0.4 is 0 Å². The van der Waals surface area contributed by atoms with Gasteiger partial charge in [0.25, 0.3) is 0 Å². The third-order valence-electron chi connectivity index (χ3n) is 4.83. The second kappa shape index (κ2) is 27.0. The van der Waals surface area contributed by atoms with Gasteiger partial charge in [-0.25, -0.2) is 0 Å². The van der Waals surface area contributed by atoms with Crippen molar-refractivity contribution in [1.82, 2.24) is 0 Å². The maximum absolute atomic E-state index is 10.9. The van der Waals surface area contributed by atoms with Gasteiger partial charge in [-0.1, -0.05) is 96.1 Å². The molecule has 28 heavy (non-hydrogen) atoms. The molecular weight excluding hydrogens is 406 g/mol. The molecule has 0 aromatic heterocycles. The number of rotatable bonds is 19. The largest absolute Gasteiger partial charge is 0.481 e. The van der Waals surface area contributed by atoms with Crippen LogP contribution in [-0.2, 0) is 9.59 Å². The Morgan fingerprint density at radius 1 is 0.714 bits per heavy atom. The van der Waals surface area contributed by atoms with E-state index < -0.39 is 17.9 Å². The van der Waals surface area contributed by atoms with Gasteiger partial charge < -0.3 is 10.2 Å². The molecule has 0 spiro atoms. The minimum Gasteiger partial charge on any atom is -0.481 e. The van der Waals surface area contributed by atoms with Gasteiger partial charge in [-0.2, -0.15) is 0 Å². The molecule has 6 heteroatoms. The molecule has 0 bridgehead atoms. The molecular formula is C22H40K2O4. The number of unbranched alkanes of at least 4 members (excludes halogenated alkanes) is 13. The van der Waals surface area contributed by atoms with E-state index in [1.54, 1.807) is 0 Å². The molecule has 0 saturated carbocycles. The Morgan fingerprint density at radius 3 is 1.54 bits per heavy atom. The fraction of sp³-hybridized carbons (Fsp3) is 0.818. The van der Waals surface area contributed by atoms with Gasteiger partial charge in [-0.3, -0.25) is 9.59 Å². The molecule has 0 saturated heterocycles. The van der Waals surface area contributed by atoms with Crippen molar-refractivity contribution in [2.45, 2.75) is 110 Å². The number of hydrogen-bond donors (Lipinski definition) is 2. The van der Waals surface area contributed by atoms with E-state index in [1.807, 2.05) is 12.2 Å². The van der Waals surface area contributed by atoms with Gasteiger partial charge in [0.1, 0.15) is 0 Å². The zero-order valence-corrected chi connectivity index (χ0v) is 25.0. The molecule has 2 N–H and O–H groups in total. The molecule has 154 valence electrons. The molecule has 0 heterocycles. The van der Waals surface area contributed by atoms with Crippen LogP contribution in [0.5, 0.6) is 0 Å². The molecule has 0 aromatic rings. The summed E-state index contributed by atoms with van der Waals surface area (Å²) < 4.78 is 0. The summed E-state index contributed by atoms with van der Waals surface area (Å²) in [7, 11) is 0. The molecule has 0 amide bonds. The number of aliphatic carboxylic acids is 2. The zero-order chi connectivity index (χ0) is 19.5. The number of hydrogen-bond acceptors (Lipinski definition) is 2. The Labute approximate surface area is 257 Å². The Hall–Kier alpha value is 1.95. The van der Waals surface area contributed by atoms with Gasteiger partial charge in [-0.05, 0) is 19.3 Å². The summed E-state index contributed by atoms with van der Waals surface area (Å²) in [5, 5.41) is 17.6. The molecule has 0 fully saturated rings. The van der Waals surface area contributed by atoms with Crippen molar-refractivity contribution in [2.24, 2.45) is 5.92 Å². The summed E-state index contributed by atoms with van der Waals surface area (Å²) in [6, 6.07) is 0. The summed E-state index contributed by atoms with van der Waals surface area (Å²) >= 11 is 0. The number of carboxylic acids is 2. The summed E-state index contributed by atoms with van der Waals surface area (Å²) in [4.78, 5) is 21.5. The third-order valence-corrected chi connectivity index (χ3v) is 4.83. The van der Waals surface area contributed by atoms with Gasteiger partial charge in [0.2, 0.25) is 0 Å². The number of carboxylic acid groups (broad SMARTS) is 2. The monoisotopic (exact) mass is 446 g/mol. The van der Waals surface area contributed by atoms with Crippen LogP contribution in [0.4, 0.5) is 0 Å². The predicted octanol–water partition coefficient (Wildman–Crippen LogP) is 5.83. The van der Waals surface area contributed by atoms with Crippen molar-refractivity contribution in [2.75, 3.05) is 0 Å². The quantitative estimate of drug-likeness (QED) is 0.149. The van der Waals surface area contributed by atoms with Crippen LogP contribution in [0.15, 0.2) is 12.2 Å². The van der Waals surface area contributed by atoms with Gasteiger partial charge in [0.15, 0.2) is 0 Å². The zero-order valence-electron chi connectivity index (χ0n) is 18.8. The summed E-state index contributed by atoms with van der Waals surface area (Å²) in [6.45, 7) is 2.26. The molecule has 1 unspecified atom stereocenters. The normalized spacial score (nSPS) is 11.6. The van der Waals surface area contributed by atoms with Crippen LogP contribution in [0, 0.1) is 5.92 Å². The van der Waals surface area contributed by atoms with E-state index >= 15 is 0 Å². The topological polar surface area (TPSA) is 74.6 Å². The van der Waals surface area contributed by atoms with E-state index in [2.05, 4.69) is 6.92 Å². The van der Waals surface area contributed by atoms with E-state index in [1.165, 1.54) is 77.0 Å². The Balaban J connectivity index is -0.00000312. The molecule has 2 radical (unpaired) electrons. The fourth-order valence-corrected chi connectivity index (χ4v) is 3.14. The second-order valence-electron chi connectivity index (χ2n) is 7.37. The molecule has 0 rings (SSSR count). The van der Waals surface area contributed by atoms with Crippen molar-refractivity contribution in [3.05, 3.63) is 12.2 Å². The first kappa shape index (κ1) is 34.6.